The lowest BCUT2D eigenvalue weighted by Crippen LogP contribution is -2.49. The zero-order valence-corrected chi connectivity index (χ0v) is 19.1. The highest BCUT2D eigenvalue weighted by Gasteiger charge is 2.36. The van der Waals surface area contributed by atoms with E-state index in [1.807, 2.05) is 19.9 Å². The molecule has 0 fully saturated rings. The number of rotatable bonds is 8. The lowest BCUT2D eigenvalue weighted by molar-refractivity contribution is -0.143. The summed E-state index contributed by atoms with van der Waals surface area (Å²) in [5, 5.41) is 0. The average molecular weight is 443 g/mol. The molecular formula is C20H30N2O7S. The minimum atomic E-state index is -4.22. The summed E-state index contributed by atoms with van der Waals surface area (Å²) in [4.78, 5) is 24.3. The number of carbonyl (C=O) groups is 2. The highest BCUT2D eigenvalue weighted by atomic mass is 32.2. The largest absolute Gasteiger partial charge is 0.483 e. The second-order valence-corrected chi connectivity index (χ2v) is 9.80. The molecule has 0 atom stereocenters. The van der Waals surface area contributed by atoms with E-state index in [4.69, 9.17) is 14.2 Å². The molecular weight excluding hydrogens is 412 g/mol. The molecule has 0 aliphatic carbocycles. The molecule has 0 spiro atoms. The van der Waals surface area contributed by atoms with Gasteiger partial charge >= 0.3 is 22.3 Å². The third-order valence-electron chi connectivity index (χ3n) is 4.57. The highest BCUT2D eigenvalue weighted by Crippen LogP contribution is 2.41. The Kier molecular flexibility index (Phi) is 7.36. The third-order valence-corrected chi connectivity index (χ3v) is 6.61. The van der Waals surface area contributed by atoms with Crippen LogP contribution in [-0.2, 0) is 26.2 Å². The number of ether oxygens (including phenoxy) is 3. The van der Waals surface area contributed by atoms with Gasteiger partial charge in [-0.2, -0.15) is 17.0 Å². The summed E-state index contributed by atoms with van der Waals surface area (Å²) in [5.41, 5.74) is 0.443. The van der Waals surface area contributed by atoms with Crippen LogP contribution in [0.2, 0.25) is 0 Å². The predicted molar refractivity (Wildman–Crippen MR) is 111 cm³/mol. The molecule has 10 heteroatoms. The van der Waals surface area contributed by atoms with Crippen molar-refractivity contribution >= 4 is 22.3 Å². The molecule has 2 rings (SSSR count). The van der Waals surface area contributed by atoms with E-state index in [1.165, 1.54) is 0 Å². The van der Waals surface area contributed by atoms with Crippen LogP contribution in [0.5, 0.6) is 11.5 Å². The predicted octanol–water partition coefficient (Wildman–Crippen LogP) is 2.74. The first kappa shape index (κ1) is 23.9. The van der Waals surface area contributed by atoms with Crippen LogP contribution in [0.3, 0.4) is 0 Å². The van der Waals surface area contributed by atoms with Gasteiger partial charge in [0.15, 0.2) is 11.5 Å². The topological polar surface area (TPSA) is 102 Å². The molecule has 168 valence electrons. The van der Waals surface area contributed by atoms with Crippen molar-refractivity contribution in [3.8, 4) is 11.5 Å². The average Bonchev–Trinajstić information content (AvgIpc) is 2.95. The van der Waals surface area contributed by atoms with E-state index in [2.05, 4.69) is 0 Å². The molecule has 1 aliphatic heterocycles. The number of hydrogen-bond acceptors (Lipinski definition) is 7. The standard InChI is InChI=1S/C20H30N2O7S/c1-7-27-17(23)11-12-22(14(2)3)30(25,26)21(6)19(24)28-16-10-8-9-15-13-20(4,5)29-18(15)16/h8-10,14H,7,11-13H2,1-6H3. The molecule has 0 radical (unpaired) electrons. The lowest BCUT2D eigenvalue weighted by Gasteiger charge is -2.29. The van der Waals surface area contributed by atoms with Gasteiger partial charge < -0.3 is 14.2 Å². The summed E-state index contributed by atoms with van der Waals surface area (Å²) in [6.07, 6.45) is -0.543. The first-order valence-electron chi connectivity index (χ1n) is 9.83. The minimum absolute atomic E-state index is 0.117. The van der Waals surface area contributed by atoms with Crippen LogP contribution in [0.15, 0.2) is 18.2 Å². The van der Waals surface area contributed by atoms with Gasteiger partial charge in [-0.05, 0) is 40.7 Å². The molecule has 1 aromatic rings. The number of nitrogens with zero attached hydrogens (tertiary/aromatic N) is 2. The van der Waals surface area contributed by atoms with Crippen molar-refractivity contribution in [1.82, 2.24) is 8.61 Å². The van der Waals surface area contributed by atoms with Crippen LogP contribution in [0.1, 0.15) is 46.6 Å². The monoisotopic (exact) mass is 442 g/mol. The molecule has 0 N–H and O–H groups in total. The van der Waals surface area contributed by atoms with Crippen LogP contribution < -0.4 is 9.47 Å². The van der Waals surface area contributed by atoms with Crippen molar-refractivity contribution in [2.45, 2.75) is 59.1 Å². The van der Waals surface area contributed by atoms with Gasteiger partial charge in [-0.25, -0.2) is 4.79 Å². The van der Waals surface area contributed by atoms with Crippen LogP contribution in [0.25, 0.3) is 0 Å². The van der Waals surface area contributed by atoms with Gasteiger partial charge in [-0.3, -0.25) is 4.79 Å². The molecule has 0 saturated heterocycles. The van der Waals surface area contributed by atoms with E-state index in [0.717, 1.165) is 16.9 Å². The van der Waals surface area contributed by atoms with Crippen molar-refractivity contribution in [3.05, 3.63) is 23.8 Å². The Labute approximate surface area is 178 Å². The number of carbonyl (C=O) groups excluding carboxylic acids is 2. The normalized spacial score (nSPS) is 14.9. The summed E-state index contributed by atoms with van der Waals surface area (Å²) in [6.45, 7) is 8.90. The van der Waals surface area contributed by atoms with Gasteiger partial charge in [0, 0.05) is 31.6 Å². The van der Waals surface area contributed by atoms with Gasteiger partial charge in [0.1, 0.15) is 5.60 Å². The Balaban J connectivity index is 2.16. The summed E-state index contributed by atoms with van der Waals surface area (Å²) in [7, 11) is -3.11. The van der Waals surface area contributed by atoms with Crippen LogP contribution in [0, 0.1) is 0 Å². The van der Waals surface area contributed by atoms with Crippen LogP contribution in [0.4, 0.5) is 4.79 Å². The maximum atomic E-state index is 13.0. The Morgan fingerprint density at radius 3 is 2.53 bits per heavy atom. The molecule has 1 aromatic carbocycles. The molecule has 1 amide bonds. The van der Waals surface area contributed by atoms with E-state index in [0.29, 0.717) is 16.5 Å². The first-order chi connectivity index (χ1) is 13.9. The van der Waals surface area contributed by atoms with Crippen molar-refractivity contribution in [2.75, 3.05) is 20.2 Å². The van der Waals surface area contributed by atoms with Crippen molar-refractivity contribution < 1.29 is 32.2 Å². The smallest absolute Gasteiger partial charge is 0.429 e. The Hall–Kier alpha value is -2.33. The van der Waals surface area contributed by atoms with Crippen molar-refractivity contribution in [1.29, 1.82) is 0 Å². The highest BCUT2D eigenvalue weighted by molar-refractivity contribution is 7.87. The summed E-state index contributed by atoms with van der Waals surface area (Å²) >= 11 is 0. The summed E-state index contributed by atoms with van der Waals surface area (Å²) in [6, 6.07) is 4.67. The zero-order valence-electron chi connectivity index (χ0n) is 18.3. The summed E-state index contributed by atoms with van der Waals surface area (Å²) in [5.74, 6) is 0.0839. The Morgan fingerprint density at radius 1 is 1.27 bits per heavy atom. The van der Waals surface area contributed by atoms with Crippen molar-refractivity contribution in [2.24, 2.45) is 0 Å². The number of amides is 1. The number of benzene rings is 1. The molecule has 0 aromatic heterocycles. The first-order valence-corrected chi connectivity index (χ1v) is 11.2. The van der Waals surface area contributed by atoms with E-state index in [-0.39, 0.29) is 25.3 Å². The molecule has 1 heterocycles. The second kappa shape index (κ2) is 9.22. The van der Waals surface area contributed by atoms with Gasteiger partial charge in [0.25, 0.3) is 0 Å². The minimum Gasteiger partial charge on any atom is -0.483 e. The van der Waals surface area contributed by atoms with Gasteiger partial charge in [-0.1, -0.05) is 12.1 Å². The molecule has 1 aliphatic rings. The number of hydrogen-bond donors (Lipinski definition) is 0. The SMILES string of the molecule is CCOC(=O)CCN(C(C)C)S(=O)(=O)N(C)C(=O)Oc1cccc2c1OC(C)(C)C2. The molecule has 30 heavy (non-hydrogen) atoms. The van der Waals surface area contributed by atoms with Gasteiger partial charge in [0.2, 0.25) is 0 Å². The van der Waals surface area contributed by atoms with Gasteiger partial charge in [0.05, 0.1) is 13.0 Å². The lowest BCUT2D eigenvalue weighted by atomic mass is 10.0. The fraction of sp³-hybridized carbons (Fsp3) is 0.600. The number of esters is 1. The van der Waals surface area contributed by atoms with Gasteiger partial charge in [-0.15, -0.1) is 0 Å². The van der Waals surface area contributed by atoms with Crippen molar-refractivity contribution in [3.63, 3.8) is 0 Å². The van der Waals surface area contributed by atoms with E-state index in [9.17, 15) is 18.0 Å². The molecule has 9 nitrogen and oxygen atoms in total. The molecule has 0 saturated carbocycles. The fourth-order valence-corrected chi connectivity index (χ4v) is 4.55. The summed E-state index contributed by atoms with van der Waals surface area (Å²) < 4.78 is 43.6. The van der Waals surface area contributed by atoms with E-state index in [1.54, 1.807) is 32.9 Å². The number of fused-ring (bicyclic) bond motifs is 1. The number of para-hydroxylation sites is 1. The molecule has 0 unspecified atom stereocenters. The third kappa shape index (κ3) is 5.42. The van der Waals surface area contributed by atoms with E-state index < -0.39 is 33.9 Å². The zero-order chi connectivity index (χ0) is 22.7. The fourth-order valence-electron chi connectivity index (χ4n) is 3.15. The Bertz CT molecular complexity index is 896. The second-order valence-electron chi connectivity index (χ2n) is 7.89. The van der Waals surface area contributed by atoms with Crippen LogP contribution >= 0.6 is 0 Å². The maximum Gasteiger partial charge on any atom is 0.429 e. The maximum absolute atomic E-state index is 13.0. The molecule has 0 bridgehead atoms. The quantitative estimate of drug-likeness (QED) is 0.570. The Morgan fingerprint density at radius 2 is 1.93 bits per heavy atom. The van der Waals surface area contributed by atoms with Crippen LogP contribution in [-0.4, -0.2) is 60.9 Å². The van der Waals surface area contributed by atoms with E-state index >= 15 is 0 Å².